The Bertz CT molecular complexity index is 485. The maximum atomic E-state index is 13.2. The van der Waals surface area contributed by atoms with Gasteiger partial charge in [-0.05, 0) is 13.0 Å². The fourth-order valence-corrected chi connectivity index (χ4v) is 2.15. The molecular weight excluding hydrogens is 257 g/mol. The van der Waals surface area contributed by atoms with Crippen LogP contribution in [0.3, 0.4) is 0 Å². The van der Waals surface area contributed by atoms with Gasteiger partial charge in [0.05, 0.1) is 0 Å². The summed E-state index contributed by atoms with van der Waals surface area (Å²) < 4.78 is 47.8. The predicted octanol–water partition coefficient (Wildman–Crippen LogP) is 2.85. The molecular formula is C7H4Cl2F2O2S. The maximum absolute atomic E-state index is 13.2. The largest absolute Gasteiger partial charge is 0.267 e. The fraction of sp³-hybridized carbons (Fsp3) is 0.143. The first-order valence-electron chi connectivity index (χ1n) is 3.34. The average Bonchev–Trinajstić information content (AvgIpc) is 1.97. The van der Waals surface area contributed by atoms with Gasteiger partial charge in [-0.25, -0.2) is 17.2 Å². The Balaban J connectivity index is 3.70. The summed E-state index contributed by atoms with van der Waals surface area (Å²) in [6, 6.07) is 0.704. The summed E-state index contributed by atoms with van der Waals surface area (Å²) in [5.74, 6) is -2.56. The molecule has 2 nitrogen and oxygen atoms in total. The molecule has 14 heavy (non-hydrogen) atoms. The van der Waals surface area contributed by atoms with Crippen LogP contribution < -0.4 is 0 Å². The Morgan fingerprint density at radius 1 is 1.36 bits per heavy atom. The van der Waals surface area contributed by atoms with Crippen LogP contribution in [-0.2, 0) is 9.05 Å². The summed E-state index contributed by atoms with van der Waals surface area (Å²) in [6.45, 7) is 1.22. The standard InChI is InChI=1S/C7H4Cl2F2O2S/c1-3-4(8)2-5(10)7(6(3)11)14(9,12)13/h2H,1H3. The molecule has 0 aromatic heterocycles. The lowest BCUT2D eigenvalue weighted by Crippen LogP contribution is -2.02. The van der Waals surface area contributed by atoms with E-state index in [4.69, 9.17) is 22.3 Å². The van der Waals surface area contributed by atoms with E-state index >= 15 is 0 Å². The van der Waals surface area contributed by atoms with Crippen molar-refractivity contribution >= 4 is 31.3 Å². The summed E-state index contributed by atoms with van der Waals surface area (Å²) in [4.78, 5) is -1.17. The monoisotopic (exact) mass is 260 g/mol. The van der Waals surface area contributed by atoms with Crippen molar-refractivity contribution in [1.82, 2.24) is 0 Å². The first kappa shape index (κ1) is 11.7. The summed E-state index contributed by atoms with van der Waals surface area (Å²) in [6.07, 6.45) is 0. The van der Waals surface area contributed by atoms with Gasteiger partial charge in [-0.1, -0.05) is 11.6 Å². The van der Waals surface area contributed by atoms with Gasteiger partial charge in [0, 0.05) is 21.3 Å². The maximum Gasteiger partial charge on any atom is 0.267 e. The molecule has 0 saturated heterocycles. The zero-order valence-corrected chi connectivity index (χ0v) is 9.14. The molecule has 0 unspecified atom stereocenters. The average molecular weight is 261 g/mol. The molecule has 0 amide bonds. The van der Waals surface area contributed by atoms with Crippen molar-refractivity contribution in [2.75, 3.05) is 0 Å². The van der Waals surface area contributed by atoms with Crippen molar-refractivity contribution < 1.29 is 17.2 Å². The number of halogens is 4. The van der Waals surface area contributed by atoms with Gasteiger partial charge < -0.3 is 0 Å². The molecule has 0 bridgehead atoms. The number of hydrogen-bond donors (Lipinski definition) is 0. The van der Waals surface area contributed by atoms with Crippen LogP contribution in [0.25, 0.3) is 0 Å². The number of benzene rings is 1. The number of rotatable bonds is 1. The second-order valence-electron chi connectivity index (χ2n) is 2.55. The lowest BCUT2D eigenvalue weighted by molar-refractivity contribution is 0.519. The van der Waals surface area contributed by atoms with E-state index in [0.29, 0.717) is 6.07 Å². The quantitative estimate of drug-likeness (QED) is 0.728. The molecule has 0 atom stereocenters. The van der Waals surface area contributed by atoms with Gasteiger partial charge in [-0.15, -0.1) is 0 Å². The molecule has 0 saturated carbocycles. The van der Waals surface area contributed by atoms with Gasteiger partial charge in [0.2, 0.25) is 0 Å². The van der Waals surface area contributed by atoms with Crippen molar-refractivity contribution in [3.63, 3.8) is 0 Å². The smallest absolute Gasteiger partial charge is 0.207 e. The number of hydrogen-bond acceptors (Lipinski definition) is 2. The lowest BCUT2D eigenvalue weighted by atomic mass is 10.2. The Morgan fingerprint density at radius 3 is 2.29 bits per heavy atom. The zero-order chi connectivity index (χ0) is 11.1. The van der Waals surface area contributed by atoms with E-state index in [0.717, 1.165) is 0 Å². The highest BCUT2D eigenvalue weighted by molar-refractivity contribution is 8.13. The summed E-state index contributed by atoms with van der Waals surface area (Å²) >= 11 is 5.42. The van der Waals surface area contributed by atoms with Gasteiger partial charge in [-0.3, -0.25) is 0 Å². The van der Waals surface area contributed by atoms with Crippen molar-refractivity contribution in [2.45, 2.75) is 11.8 Å². The van der Waals surface area contributed by atoms with Crippen molar-refractivity contribution in [2.24, 2.45) is 0 Å². The summed E-state index contributed by atoms with van der Waals surface area (Å²) in [5.41, 5.74) is -0.160. The third-order valence-electron chi connectivity index (χ3n) is 1.60. The van der Waals surface area contributed by atoms with Gasteiger partial charge in [0.15, 0.2) is 10.7 Å². The predicted molar refractivity (Wildman–Crippen MR) is 49.1 cm³/mol. The Labute approximate surface area is 88.9 Å². The zero-order valence-electron chi connectivity index (χ0n) is 6.81. The molecule has 0 aliphatic heterocycles. The molecule has 0 spiro atoms. The van der Waals surface area contributed by atoms with Crippen molar-refractivity contribution in [3.05, 3.63) is 28.3 Å². The molecule has 0 aliphatic rings. The molecule has 0 heterocycles. The van der Waals surface area contributed by atoms with Gasteiger partial charge in [0.25, 0.3) is 9.05 Å². The SMILES string of the molecule is Cc1c(Cl)cc(F)c(S(=O)(=O)Cl)c1F. The van der Waals surface area contributed by atoms with Crippen LogP contribution in [0, 0.1) is 18.6 Å². The first-order chi connectivity index (χ1) is 6.25. The van der Waals surface area contributed by atoms with Crippen molar-refractivity contribution in [3.8, 4) is 0 Å². The highest BCUT2D eigenvalue weighted by Crippen LogP contribution is 2.29. The molecule has 1 aromatic rings. The third kappa shape index (κ3) is 1.99. The minimum absolute atomic E-state index is 0.160. The summed E-state index contributed by atoms with van der Waals surface area (Å²) in [5, 5.41) is -0.191. The normalized spacial score (nSPS) is 11.8. The van der Waals surface area contributed by atoms with E-state index in [1.807, 2.05) is 0 Å². The summed E-state index contributed by atoms with van der Waals surface area (Å²) in [7, 11) is 0.403. The Morgan fingerprint density at radius 2 is 1.86 bits per heavy atom. The molecule has 0 fully saturated rings. The van der Waals surface area contributed by atoms with E-state index < -0.39 is 25.6 Å². The second kappa shape index (κ2) is 3.64. The molecule has 78 valence electrons. The van der Waals surface area contributed by atoms with E-state index in [1.54, 1.807) is 0 Å². The van der Waals surface area contributed by atoms with E-state index in [1.165, 1.54) is 6.92 Å². The van der Waals surface area contributed by atoms with Crippen LogP contribution in [0.4, 0.5) is 8.78 Å². The third-order valence-corrected chi connectivity index (χ3v) is 3.32. The van der Waals surface area contributed by atoms with Crippen LogP contribution in [0.1, 0.15) is 5.56 Å². The minimum Gasteiger partial charge on any atom is -0.207 e. The highest BCUT2D eigenvalue weighted by Gasteiger charge is 2.24. The lowest BCUT2D eigenvalue weighted by Gasteiger charge is -2.05. The van der Waals surface area contributed by atoms with E-state index in [2.05, 4.69) is 0 Å². The molecule has 7 heteroatoms. The van der Waals surface area contributed by atoms with Crippen LogP contribution in [0.5, 0.6) is 0 Å². The second-order valence-corrected chi connectivity index (χ2v) is 5.46. The molecule has 1 rings (SSSR count). The fourth-order valence-electron chi connectivity index (χ4n) is 0.889. The minimum atomic E-state index is -4.44. The Kier molecular flexibility index (Phi) is 3.04. The van der Waals surface area contributed by atoms with Crippen molar-refractivity contribution in [1.29, 1.82) is 0 Å². The molecule has 0 radical (unpaired) electrons. The first-order valence-corrected chi connectivity index (χ1v) is 6.02. The van der Waals surface area contributed by atoms with Gasteiger partial charge in [-0.2, -0.15) is 0 Å². The van der Waals surface area contributed by atoms with Crippen LogP contribution in [0.2, 0.25) is 5.02 Å². The molecule has 0 aliphatic carbocycles. The highest BCUT2D eigenvalue weighted by atomic mass is 35.7. The van der Waals surface area contributed by atoms with Crippen LogP contribution >= 0.6 is 22.3 Å². The van der Waals surface area contributed by atoms with Crippen LogP contribution in [-0.4, -0.2) is 8.42 Å². The van der Waals surface area contributed by atoms with E-state index in [-0.39, 0.29) is 10.6 Å². The van der Waals surface area contributed by atoms with Crippen LogP contribution in [0.15, 0.2) is 11.0 Å². The topological polar surface area (TPSA) is 34.1 Å². The van der Waals surface area contributed by atoms with Gasteiger partial charge >= 0.3 is 0 Å². The van der Waals surface area contributed by atoms with Gasteiger partial charge in [0.1, 0.15) is 5.82 Å². The molecule has 0 N–H and O–H groups in total. The van der Waals surface area contributed by atoms with E-state index in [9.17, 15) is 17.2 Å². The molecule has 1 aromatic carbocycles. The Hall–Kier alpha value is -0.390.